The minimum Gasteiger partial charge on any atom is -0.341 e. The molecule has 0 radical (unpaired) electrons. The van der Waals surface area contributed by atoms with E-state index in [2.05, 4.69) is 40.3 Å². The van der Waals surface area contributed by atoms with Gasteiger partial charge in [0.05, 0.1) is 16.0 Å². The van der Waals surface area contributed by atoms with Crippen LogP contribution in [0.15, 0.2) is 47.6 Å². The number of hydrogen-bond acceptors (Lipinski definition) is 5. The second-order valence-corrected chi connectivity index (χ2v) is 10.4. The Morgan fingerprint density at radius 3 is 2.48 bits per heavy atom. The summed E-state index contributed by atoms with van der Waals surface area (Å²) in [6.07, 6.45) is 2.26. The van der Waals surface area contributed by atoms with E-state index < -0.39 is 0 Å². The molecule has 8 heteroatoms. The minimum absolute atomic E-state index is 0.0624. The van der Waals surface area contributed by atoms with Crippen LogP contribution in [0.25, 0.3) is 5.69 Å². The van der Waals surface area contributed by atoms with Gasteiger partial charge in [-0.3, -0.25) is 9.36 Å². The molecule has 1 aliphatic heterocycles. The molecule has 1 atom stereocenters. The van der Waals surface area contributed by atoms with Crippen LogP contribution < -0.4 is 10.2 Å². The van der Waals surface area contributed by atoms with Crippen LogP contribution in [0.1, 0.15) is 50.7 Å². The van der Waals surface area contributed by atoms with Gasteiger partial charge in [0.2, 0.25) is 11.9 Å². The number of thioether (sulfide) groups is 1. The van der Waals surface area contributed by atoms with Crippen LogP contribution in [-0.4, -0.2) is 39.0 Å². The lowest BCUT2D eigenvalue weighted by Crippen LogP contribution is -2.25. The van der Waals surface area contributed by atoms with Crippen LogP contribution in [0, 0.1) is 6.92 Å². The number of aryl methyl sites for hydroxylation is 1. The number of carbonyl (C=O) groups excluding carboxylic acids is 1. The van der Waals surface area contributed by atoms with E-state index in [9.17, 15) is 4.79 Å². The highest BCUT2D eigenvalue weighted by molar-refractivity contribution is 8.00. The number of aromatic nitrogens is 3. The maximum absolute atomic E-state index is 13.2. The van der Waals surface area contributed by atoms with Gasteiger partial charge < -0.3 is 10.2 Å². The average Bonchev–Trinajstić information content (AvgIpc) is 3.45. The molecule has 1 unspecified atom stereocenters. The zero-order valence-corrected chi connectivity index (χ0v) is 21.1. The minimum atomic E-state index is -0.374. The summed E-state index contributed by atoms with van der Waals surface area (Å²) in [5, 5.41) is 13.0. The third kappa shape index (κ3) is 5.04. The smallest absolute Gasteiger partial charge is 0.237 e. The summed E-state index contributed by atoms with van der Waals surface area (Å²) in [6, 6.07) is 13.8. The predicted molar refractivity (Wildman–Crippen MR) is 137 cm³/mol. The van der Waals surface area contributed by atoms with Crippen LogP contribution >= 0.6 is 23.4 Å². The third-order valence-electron chi connectivity index (χ3n) is 5.93. The van der Waals surface area contributed by atoms with Crippen LogP contribution in [0.3, 0.4) is 0 Å². The molecule has 1 saturated heterocycles. The lowest BCUT2D eigenvalue weighted by molar-refractivity contribution is -0.115. The van der Waals surface area contributed by atoms with E-state index in [-0.39, 0.29) is 11.2 Å². The Balaban J connectivity index is 1.62. The van der Waals surface area contributed by atoms with Crippen LogP contribution in [0.5, 0.6) is 0 Å². The van der Waals surface area contributed by atoms with Crippen LogP contribution in [0.2, 0.25) is 5.02 Å². The molecule has 0 bridgehead atoms. The van der Waals surface area contributed by atoms with Crippen molar-refractivity contribution < 1.29 is 4.79 Å². The van der Waals surface area contributed by atoms with Gasteiger partial charge in [0.25, 0.3) is 0 Å². The second kappa shape index (κ2) is 10.2. The fourth-order valence-electron chi connectivity index (χ4n) is 4.08. The number of halogens is 1. The molecule has 4 rings (SSSR count). The van der Waals surface area contributed by atoms with Gasteiger partial charge in [0.1, 0.15) is 0 Å². The molecule has 1 fully saturated rings. The van der Waals surface area contributed by atoms with E-state index in [1.54, 1.807) is 0 Å². The van der Waals surface area contributed by atoms with Gasteiger partial charge in [-0.05, 0) is 55.9 Å². The van der Waals surface area contributed by atoms with E-state index in [0.29, 0.717) is 16.1 Å². The molecule has 0 spiro atoms. The Morgan fingerprint density at radius 1 is 1.06 bits per heavy atom. The molecule has 174 valence electrons. The molecular weight excluding hydrogens is 454 g/mol. The zero-order valence-electron chi connectivity index (χ0n) is 19.5. The van der Waals surface area contributed by atoms with Crippen molar-refractivity contribution in [2.75, 3.05) is 23.3 Å². The summed E-state index contributed by atoms with van der Waals surface area (Å²) >= 11 is 7.95. The molecule has 1 N–H and O–H groups in total. The van der Waals surface area contributed by atoms with Crippen molar-refractivity contribution in [2.24, 2.45) is 0 Å². The topological polar surface area (TPSA) is 63.1 Å². The van der Waals surface area contributed by atoms with Crippen molar-refractivity contribution in [1.29, 1.82) is 0 Å². The number of para-hydroxylation sites is 2. The summed E-state index contributed by atoms with van der Waals surface area (Å²) in [7, 11) is 0. The molecule has 6 nitrogen and oxygen atoms in total. The van der Waals surface area contributed by atoms with Gasteiger partial charge in [-0.2, -0.15) is 0 Å². The third-order valence-corrected chi connectivity index (χ3v) is 7.29. The van der Waals surface area contributed by atoms with E-state index in [1.807, 2.05) is 54.8 Å². The Hall–Kier alpha value is -2.51. The van der Waals surface area contributed by atoms with Crippen molar-refractivity contribution in [1.82, 2.24) is 14.8 Å². The highest BCUT2D eigenvalue weighted by Crippen LogP contribution is 2.34. The van der Waals surface area contributed by atoms with E-state index >= 15 is 0 Å². The molecule has 0 saturated carbocycles. The monoisotopic (exact) mass is 483 g/mol. The van der Waals surface area contributed by atoms with Gasteiger partial charge in [-0.1, -0.05) is 67.5 Å². The van der Waals surface area contributed by atoms with Crippen LogP contribution in [0.4, 0.5) is 11.6 Å². The number of hydrogen-bond donors (Lipinski definition) is 1. The fraction of sp³-hybridized carbons (Fsp3) is 0.400. The standard InChI is InChI=1S/C25H30ClN5OS/c1-16(2)19-11-9-10-17(3)22(19)27-23(32)18(4)33-25-29-28-24(30-14-7-8-15-30)31(25)21-13-6-5-12-20(21)26/h5-6,9-13,16,18H,7-8,14-15H2,1-4H3,(H,27,32). The zero-order chi connectivity index (χ0) is 23.5. The maximum atomic E-state index is 13.2. The molecule has 2 heterocycles. The first kappa shape index (κ1) is 23.6. The average molecular weight is 484 g/mol. The summed E-state index contributed by atoms with van der Waals surface area (Å²) in [4.78, 5) is 15.4. The Bertz CT molecular complexity index is 1140. The van der Waals surface area contributed by atoms with Gasteiger partial charge in [0.15, 0.2) is 5.16 Å². The quantitative estimate of drug-likeness (QED) is 0.413. The molecule has 1 amide bonds. The number of rotatable bonds is 7. The number of benzene rings is 2. The molecule has 3 aromatic rings. The largest absolute Gasteiger partial charge is 0.341 e. The van der Waals surface area contributed by atoms with E-state index in [1.165, 1.54) is 11.8 Å². The Labute approximate surface area is 204 Å². The van der Waals surface area contributed by atoms with Gasteiger partial charge in [-0.25, -0.2) is 0 Å². The van der Waals surface area contributed by atoms with E-state index in [0.717, 1.165) is 54.4 Å². The number of nitrogens with one attached hydrogen (secondary N) is 1. The molecule has 1 aromatic heterocycles. The molecule has 1 aliphatic rings. The normalized spacial score (nSPS) is 14.7. The van der Waals surface area contributed by atoms with Crippen molar-refractivity contribution in [3.63, 3.8) is 0 Å². The van der Waals surface area contributed by atoms with Crippen molar-refractivity contribution in [2.45, 2.75) is 56.9 Å². The maximum Gasteiger partial charge on any atom is 0.237 e. The Morgan fingerprint density at radius 2 is 1.79 bits per heavy atom. The molecule has 33 heavy (non-hydrogen) atoms. The van der Waals surface area contributed by atoms with E-state index in [4.69, 9.17) is 11.6 Å². The SMILES string of the molecule is Cc1cccc(C(C)C)c1NC(=O)C(C)Sc1nnc(N2CCCC2)n1-c1ccccc1Cl. The first-order chi connectivity index (χ1) is 15.9. The molecule has 2 aromatic carbocycles. The van der Waals surface area contributed by atoms with Crippen LogP contribution in [-0.2, 0) is 4.79 Å². The highest BCUT2D eigenvalue weighted by atomic mass is 35.5. The van der Waals surface area contributed by atoms with Crippen molar-refractivity contribution >= 4 is 40.9 Å². The molecular formula is C25H30ClN5OS. The number of carbonyl (C=O) groups is 1. The van der Waals surface area contributed by atoms with Gasteiger partial charge in [0, 0.05) is 18.8 Å². The van der Waals surface area contributed by atoms with Crippen molar-refractivity contribution in [3.8, 4) is 5.69 Å². The summed E-state index contributed by atoms with van der Waals surface area (Å²) in [5.41, 5.74) is 3.91. The molecule has 0 aliphatic carbocycles. The summed E-state index contributed by atoms with van der Waals surface area (Å²) in [6.45, 7) is 10.1. The lowest BCUT2D eigenvalue weighted by atomic mass is 9.98. The number of amides is 1. The number of nitrogens with zero attached hydrogens (tertiary/aromatic N) is 4. The fourth-order valence-corrected chi connectivity index (χ4v) is 5.16. The first-order valence-corrected chi connectivity index (χ1v) is 12.6. The van der Waals surface area contributed by atoms with Gasteiger partial charge >= 0.3 is 0 Å². The highest BCUT2D eigenvalue weighted by Gasteiger charge is 2.26. The second-order valence-electron chi connectivity index (χ2n) is 8.71. The van der Waals surface area contributed by atoms with Gasteiger partial charge in [-0.15, -0.1) is 10.2 Å². The Kier molecular flexibility index (Phi) is 7.29. The lowest BCUT2D eigenvalue weighted by Gasteiger charge is -2.20. The first-order valence-electron chi connectivity index (χ1n) is 11.4. The summed E-state index contributed by atoms with van der Waals surface area (Å²) in [5.74, 6) is 1.03. The number of anilines is 2. The van der Waals surface area contributed by atoms with Crippen molar-refractivity contribution in [3.05, 3.63) is 58.6 Å². The predicted octanol–water partition coefficient (Wildman–Crippen LogP) is 6.07. The summed E-state index contributed by atoms with van der Waals surface area (Å²) < 4.78 is 1.98.